The minimum Gasteiger partial charge on any atom is -0.347 e. The van der Waals surface area contributed by atoms with Gasteiger partial charge in [0.15, 0.2) is 5.78 Å². The summed E-state index contributed by atoms with van der Waals surface area (Å²) in [5.41, 5.74) is 0.580. The predicted molar refractivity (Wildman–Crippen MR) is 83.0 cm³/mol. The Morgan fingerprint density at radius 2 is 1.76 bits per heavy atom. The predicted octanol–water partition coefficient (Wildman–Crippen LogP) is 1.81. The van der Waals surface area contributed by atoms with Crippen LogP contribution in [0.4, 0.5) is 5.95 Å². The number of Topliss-reactive ketones (excluding diaryl/α,β-unsaturated/α-hetero) is 1. The minimum absolute atomic E-state index is 0.00759. The van der Waals surface area contributed by atoms with E-state index in [2.05, 4.69) is 9.97 Å². The highest BCUT2D eigenvalue weighted by Crippen LogP contribution is 2.38. The molecule has 6 heteroatoms. The van der Waals surface area contributed by atoms with Crippen molar-refractivity contribution in [3.8, 4) is 0 Å². The Morgan fingerprint density at radius 1 is 1.19 bits per heavy atom. The second-order valence-electron chi connectivity index (χ2n) is 6.20. The average Bonchev–Trinajstić information content (AvgIpc) is 2.46. The molecule has 1 aromatic heterocycles. The lowest BCUT2D eigenvalue weighted by Crippen LogP contribution is -2.41. The molecule has 2 unspecified atom stereocenters. The van der Waals surface area contributed by atoms with Gasteiger partial charge in [0, 0.05) is 53.7 Å². The number of rotatable bonds is 3. The number of fused-ring (bicyclic) bond motifs is 2. The fourth-order valence-corrected chi connectivity index (χ4v) is 5.55. The zero-order valence-corrected chi connectivity index (χ0v) is 13.3. The van der Waals surface area contributed by atoms with E-state index in [0.29, 0.717) is 11.5 Å². The van der Waals surface area contributed by atoms with Crippen molar-refractivity contribution in [1.29, 1.82) is 0 Å². The number of ketones is 1. The lowest BCUT2D eigenvalue weighted by molar-refractivity contribution is 0.0894. The van der Waals surface area contributed by atoms with Gasteiger partial charge < -0.3 is 4.90 Å². The van der Waals surface area contributed by atoms with Crippen LogP contribution in [0.15, 0.2) is 12.4 Å². The molecule has 3 rings (SSSR count). The third-order valence-corrected chi connectivity index (χ3v) is 6.67. The molecule has 2 saturated heterocycles. The summed E-state index contributed by atoms with van der Waals surface area (Å²) in [5.74, 6) is 0.717. The monoisotopic (exact) mass is 307 g/mol. The molecule has 0 aliphatic carbocycles. The summed E-state index contributed by atoms with van der Waals surface area (Å²) in [6.45, 7) is 0. The standard InChI is InChI=1S/C15H21N3O2S/c1-18(2)15-16-8-11(9-17-15)14(19)10-6-12-4-3-5-13(7-10)21(12)20/h8-10,12-13H,3-7H2,1-2H3. The van der Waals surface area contributed by atoms with Crippen molar-refractivity contribution >= 4 is 22.5 Å². The van der Waals surface area contributed by atoms with Crippen LogP contribution in [-0.2, 0) is 10.8 Å². The minimum atomic E-state index is -0.730. The van der Waals surface area contributed by atoms with Gasteiger partial charge in [-0.3, -0.25) is 9.00 Å². The van der Waals surface area contributed by atoms with Crippen molar-refractivity contribution in [2.75, 3.05) is 19.0 Å². The Hall–Kier alpha value is -1.30. The molecule has 0 N–H and O–H groups in total. The van der Waals surface area contributed by atoms with Crippen molar-refractivity contribution in [2.45, 2.75) is 42.6 Å². The summed E-state index contributed by atoms with van der Waals surface area (Å²) in [4.78, 5) is 22.9. The van der Waals surface area contributed by atoms with Gasteiger partial charge in [0.1, 0.15) is 0 Å². The smallest absolute Gasteiger partial charge is 0.224 e. The Bertz CT molecular complexity index is 543. The Morgan fingerprint density at radius 3 is 2.29 bits per heavy atom. The molecule has 0 aromatic carbocycles. The van der Waals surface area contributed by atoms with Crippen molar-refractivity contribution in [3.63, 3.8) is 0 Å². The summed E-state index contributed by atoms with van der Waals surface area (Å²) < 4.78 is 12.2. The highest BCUT2D eigenvalue weighted by molar-refractivity contribution is 7.86. The van der Waals surface area contributed by atoms with Gasteiger partial charge in [-0.15, -0.1) is 0 Å². The van der Waals surface area contributed by atoms with Crippen LogP contribution in [0, 0.1) is 5.92 Å². The van der Waals surface area contributed by atoms with Crippen LogP contribution in [-0.4, -0.2) is 44.6 Å². The second kappa shape index (κ2) is 5.83. The lowest BCUT2D eigenvalue weighted by atomic mass is 9.85. The molecular formula is C15H21N3O2S. The van der Waals surface area contributed by atoms with Gasteiger partial charge in [-0.1, -0.05) is 6.42 Å². The third kappa shape index (κ3) is 2.86. The van der Waals surface area contributed by atoms with E-state index in [4.69, 9.17) is 0 Å². The molecule has 2 bridgehead atoms. The van der Waals surface area contributed by atoms with E-state index >= 15 is 0 Å². The van der Waals surface area contributed by atoms with Crippen LogP contribution in [0.2, 0.25) is 0 Å². The first-order valence-corrected chi connectivity index (χ1v) is 8.77. The van der Waals surface area contributed by atoms with E-state index in [9.17, 15) is 9.00 Å². The lowest BCUT2D eigenvalue weighted by Gasteiger charge is -2.37. The highest BCUT2D eigenvalue weighted by atomic mass is 32.2. The Kier molecular flexibility index (Phi) is 4.06. The summed E-state index contributed by atoms with van der Waals surface area (Å²) in [6, 6.07) is 0. The van der Waals surface area contributed by atoms with Gasteiger partial charge in [-0.05, 0) is 25.7 Å². The molecule has 0 amide bonds. The van der Waals surface area contributed by atoms with Crippen molar-refractivity contribution in [2.24, 2.45) is 5.92 Å². The topological polar surface area (TPSA) is 63.2 Å². The molecule has 2 aliphatic heterocycles. The van der Waals surface area contributed by atoms with E-state index in [0.717, 1.165) is 32.1 Å². The van der Waals surface area contributed by atoms with Crippen LogP contribution >= 0.6 is 0 Å². The number of aromatic nitrogens is 2. The SMILES string of the molecule is CN(C)c1ncc(C(=O)C2CC3CCCC(C2)S3=O)cn1. The maximum absolute atomic E-state index is 12.6. The molecule has 0 radical (unpaired) electrons. The zero-order valence-electron chi connectivity index (χ0n) is 12.5. The van der Waals surface area contributed by atoms with Crippen LogP contribution in [0.1, 0.15) is 42.5 Å². The van der Waals surface area contributed by atoms with Crippen LogP contribution in [0.25, 0.3) is 0 Å². The summed E-state index contributed by atoms with van der Waals surface area (Å²) in [7, 11) is 3.01. The first kappa shape index (κ1) is 14.6. The largest absolute Gasteiger partial charge is 0.347 e. The van der Waals surface area contributed by atoms with E-state index in [1.807, 2.05) is 19.0 Å². The first-order chi connectivity index (χ1) is 10.1. The van der Waals surface area contributed by atoms with E-state index < -0.39 is 10.8 Å². The second-order valence-corrected chi connectivity index (χ2v) is 8.19. The maximum atomic E-state index is 12.6. The van der Waals surface area contributed by atoms with Crippen molar-refractivity contribution in [3.05, 3.63) is 18.0 Å². The number of hydrogen-bond acceptors (Lipinski definition) is 5. The number of carbonyl (C=O) groups excluding carboxylic acids is 1. The summed E-state index contributed by atoms with van der Waals surface area (Å²) in [6.07, 6.45) is 7.92. The number of hydrogen-bond donors (Lipinski definition) is 0. The van der Waals surface area contributed by atoms with Gasteiger partial charge in [0.25, 0.3) is 0 Å². The average molecular weight is 307 g/mol. The summed E-state index contributed by atoms with van der Waals surface area (Å²) in [5, 5.41) is 0.432. The fourth-order valence-electron chi connectivity index (χ4n) is 3.36. The molecule has 21 heavy (non-hydrogen) atoms. The van der Waals surface area contributed by atoms with Gasteiger partial charge >= 0.3 is 0 Å². The number of nitrogens with zero attached hydrogens (tertiary/aromatic N) is 3. The molecule has 2 atom stereocenters. The zero-order chi connectivity index (χ0) is 15.0. The molecule has 3 heterocycles. The normalized spacial score (nSPS) is 31.7. The fraction of sp³-hybridized carbons (Fsp3) is 0.667. The van der Waals surface area contributed by atoms with Gasteiger partial charge in [-0.2, -0.15) is 0 Å². The van der Waals surface area contributed by atoms with Gasteiger partial charge in [0.2, 0.25) is 5.95 Å². The van der Waals surface area contributed by atoms with E-state index in [1.54, 1.807) is 12.4 Å². The molecule has 114 valence electrons. The molecule has 0 saturated carbocycles. The third-order valence-electron chi connectivity index (χ3n) is 4.50. The van der Waals surface area contributed by atoms with E-state index in [-0.39, 0.29) is 22.2 Å². The molecule has 5 nitrogen and oxygen atoms in total. The molecule has 2 aliphatic rings. The quantitative estimate of drug-likeness (QED) is 0.797. The molecular weight excluding hydrogens is 286 g/mol. The van der Waals surface area contributed by atoms with Crippen LogP contribution in [0.5, 0.6) is 0 Å². The molecule has 2 fully saturated rings. The Balaban J connectivity index is 1.75. The maximum Gasteiger partial charge on any atom is 0.224 e. The van der Waals surface area contributed by atoms with Crippen molar-refractivity contribution < 1.29 is 9.00 Å². The van der Waals surface area contributed by atoms with Crippen LogP contribution in [0.3, 0.4) is 0 Å². The van der Waals surface area contributed by atoms with Crippen LogP contribution < -0.4 is 4.90 Å². The number of carbonyl (C=O) groups is 1. The number of anilines is 1. The summed E-state index contributed by atoms with van der Waals surface area (Å²) >= 11 is 0. The van der Waals surface area contributed by atoms with Crippen molar-refractivity contribution in [1.82, 2.24) is 9.97 Å². The Labute approximate surface area is 127 Å². The highest BCUT2D eigenvalue weighted by Gasteiger charge is 2.40. The van der Waals surface area contributed by atoms with Gasteiger partial charge in [0.05, 0.1) is 5.56 Å². The van der Waals surface area contributed by atoms with E-state index in [1.165, 1.54) is 0 Å². The molecule has 1 aromatic rings. The van der Waals surface area contributed by atoms with Gasteiger partial charge in [-0.25, -0.2) is 9.97 Å². The molecule has 0 spiro atoms. The first-order valence-electron chi connectivity index (χ1n) is 7.49.